The van der Waals surface area contributed by atoms with Gasteiger partial charge in [0.1, 0.15) is 17.7 Å². The number of fused-ring (bicyclic) bond motifs is 1. The van der Waals surface area contributed by atoms with Gasteiger partial charge < -0.3 is 29.6 Å². The molecule has 4 aromatic rings. The molecule has 1 aliphatic rings. The number of nitrogens with one attached hydrogen (secondary N) is 2. The maximum absolute atomic E-state index is 12.7. The first-order chi connectivity index (χ1) is 20.8. The molecule has 0 aliphatic carbocycles. The topological polar surface area (TPSA) is 130 Å². The van der Waals surface area contributed by atoms with E-state index in [1.54, 1.807) is 12.6 Å². The number of aromatic nitrogens is 4. The van der Waals surface area contributed by atoms with E-state index in [-0.39, 0.29) is 5.91 Å². The third-order valence-corrected chi connectivity index (χ3v) is 7.25. The summed E-state index contributed by atoms with van der Waals surface area (Å²) in [5.74, 6) is 1.65. The van der Waals surface area contributed by atoms with Crippen molar-refractivity contribution in [2.24, 2.45) is 0 Å². The van der Waals surface area contributed by atoms with E-state index in [4.69, 9.17) is 9.15 Å². The first kappa shape index (κ1) is 29.9. The molecule has 4 heterocycles. The number of amides is 2. The maximum atomic E-state index is 12.7. The van der Waals surface area contributed by atoms with Crippen molar-refractivity contribution in [3.63, 3.8) is 0 Å². The molecule has 0 atom stereocenters. The van der Waals surface area contributed by atoms with Gasteiger partial charge in [0.25, 0.3) is 0 Å². The van der Waals surface area contributed by atoms with Crippen molar-refractivity contribution in [2.75, 3.05) is 42.9 Å². The highest BCUT2D eigenvalue weighted by molar-refractivity contribution is 5.79. The molecule has 1 aliphatic heterocycles. The van der Waals surface area contributed by atoms with Crippen LogP contribution in [0.5, 0.6) is 0 Å². The van der Waals surface area contributed by atoms with Crippen LogP contribution in [-0.4, -0.2) is 74.8 Å². The van der Waals surface area contributed by atoms with Gasteiger partial charge in [-0.1, -0.05) is 18.6 Å². The van der Waals surface area contributed by atoms with Gasteiger partial charge in [-0.15, -0.1) is 10.2 Å². The second kappa shape index (κ2) is 13.6. The molecule has 2 N–H and O–H groups in total. The van der Waals surface area contributed by atoms with Crippen molar-refractivity contribution >= 4 is 29.3 Å². The first-order valence-electron chi connectivity index (χ1n) is 14.8. The summed E-state index contributed by atoms with van der Waals surface area (Å²) in [6, 6.07) is 12.1. The smallest absolute Gasteiger partial charge is 0.407 e. The standard InChI is InChI=1S/C31H40N8O4/c1-31(2,3)43-30(41)32-14-6-4-5-9-27(40)38-17-15-37(16-18-38)24-12-10-23(11-13-24)26-21-34-29(39-22-35-36-28(26)39)33-20-25-8-7-19-42-25/h7-8,10-13,19,21-22H,4-6,9,14-18,20H2,1-3H3,(H,32,41)(H,33,34). The van der Waals surface area contributed by atoms with E-state index in [9.17, 15) is 9.59 Å². The van der Waals surface area contributed by atoms with E-state index in [1.807, 2.05) is 48.4 Å². The number of hydrogen-bond acceptors (Lipinski definition) is 9. The van der Waals surface area contributed by atoms with Crippen LogP contribution < -0.4 is 15.5 Å². The molecular weight excluding hydrogens is 548 g/mol. The Bertz CT molecular complexity index is 1490. The summed E-state index contributed by atoms with van der Waals surface area (Å²) in [5, 5.41) is 14.5. The number of carbonyl (C=O) groups is 2. The monoisotopic (exact) mass is 588 g/mol. The summed E-state index contributed by atoms with van der Waals surface area (Å²) in [6.07, 6.45) is 7.75. The highest BCUT2D eigenvalue weighted by Crippen LogP contribution is 2.27. The normalized spacial score (nSPS) is 13.7. The second-order valence-corrected chi connectivity index (χ2v) is 11.6. The molecule has 1 fully saturated rings. The molecule has 5 rings (SSSR count). The van der Waals surface area contributed by atoms with Gasteiger partial charge in [0, 0.05) is 56.6 Å². The van der Waals surface area contributed by atoms with E-state index in [2.05, 4.69) is 55.0 Å². The van der Waals surface area contributed by atoms with Crippen molar-refractivity contribution in [1.29, 1.82) is 0 Å². The zero-order valence-corrected chi connectivity index (χ0v) is 25.1. The van der Waals surface area contributed by atoms with Crippen LogP contribution in [0.3, 0.4) is 0 Å². The maximum Gasteiger partial charge on any atom is 0.407 e. The zero-order valence-electron chi connectivity index (χ0n) is 25.1. The Labute approximate surface area is 251 Å². The number of hydrogen-bond donors (Lipinski definition) is 2. The summed E-state index contributed by atoms with van der Waals surface area (Å²) in [5.41, 5.74) is 3.23. The lowest BCUT2D eigenvalue weighted by molar-refractivity contribution is -0.131. The number of unbranched alkanes of at least 4 members (excludes halogenated alkanes) is 2. The molecule has 0 spiro atoms. The van der Waals surface area contributed by atoms with Gasteiger partial charge in [0.2, 0.25) is 11.9 Å². The predicted octanol–water partition coefficient (Wildman–Crippen LogP) is 4.73. The van der Waals surface area contributed by atoms with Crippen LogP contribution in [0.1, 0.15) is 52.2 Å². The van der Waals surface area contributed by atoms with Crippen LogP contribution in [-0.2, 0) is 16.1 Å². The molecular formula is C31H40N8O4. The SMILES string of the molecule is CC(C)(C)OC(=O)NCCCCCC(=O)N1CCN(c2ccc(-c3cnc(NCc4ccco4)n4cnnc34)cc2)CC1. The number of ether oxygens (including phenoxy) is 1. The minimum Gasteiger partial charge on any atom is -0.467 e. The lowest BCUT2D eigenvalue weighted by Crippen LogP contribution is -2.48. The van der Waals surface area contributed by atoms with E-state index in [1.165, 1.54) is 0 Å². The first-order valence-corrected chi connectivity index (χ1v) is 14.8. The van der Waals surface area contributed by atoms with Crippen LogP contribution in [0, 0.1) is 0 Å². The van der Waals surface area contributed by atoms with Crippen LogP contribution in [0.15, 0.2) is 59.6 Å². The Morgan fingerprint density at radius 2 is 1.81 bits per heavy atom. The number of furan rings is 1. The highest BCUT2D eigenvalue weighted by Gasteiger charge is 2.21. The summed E-state index contributed by atoms with van der Waals surface area (Å²) in [6.45, 7) is 9.57. The molecule has 12 heteroatoms. The molecule has 0 bridgehead atoms. The fraction of sp³-hybridized carbons (Fsp3) is 0.452. The molecule has 0 radical (unpaired) electrons. The van der Waals surface area contributed by atoms with Crippen LogP contribution in [0.4, 0.5) is 16.4 Å². The highest BCUT2D eigenvalue weighted by atomic mass is 16.6. The van der Waals surface area contributed by atoms with Gasteiger partial charge in [0.15, 0.2) is 5.65 Å². The van der Waals surface area contributed by atoms with Crippen molar-refractivity contribution < 1.29 is 18.7 Å². The van der Waals surface area contributed by atoms with E-state index in [0.29, 0.717) is 38.5 Å². The Morgan fingerprint density at radius 1 is 1.02 bits per heavy atom. The fourth-order valence-electron chi connectivity index (χ4n) is 5.04. The minimum absolute atomic E-state index is 0.196. The van der Waals surface area contributed by atoms with Gasteiger partial charge in [-0.05, 0) is 63.4 Å². The summed E-state index contributed by atoms with van der Waals surface area (Å²) >= 11 is 0. The molecule has 1 aromatic carbocycles. The Kier molecular flexibility index (Phi) is 9.43. The van der Waals surface area contributed by atoms with Gasteiger partial charge in [0.05, 0.1) is 12.8 Å². The molecule has 228 valence electrons. The van der Waals surface area contributed by atoms with Crippen LogP contribution >= 0.6 is 0 Å². The minimum atomic E-state index is -0.500. The van der Waals surface area contributed by atoms with Crippen molar-refractivity contribution in [2.45, 2.75) is 58.6 Å². The number of benzene rings is 1. The molecule has 1 saturated heterocycles. The summed E-state index contributed by atoms with van der Waals surface area (Å²) in [7, 11) is 0. The number of piperazine rings is 1. The predicted molar refractivity (Wildman–Crippen MR) is 164 cm³/mol. The Hall–Kier alpha value is -4.61. The molecule has 0 saturated carbocycles. The van der Waals surface area contributed by atoms with Crippen molar-refractivity contribution in [1.82, 2.24) is 29.8 Å². The van der Waals surface area contributed by atoms with Crippen molar-refractivity contribution in [3.8, 4) is 11.1 Å². The third kappa shape index (κ3) is 8.02. The third-order valence-electron chi connectivity index (χ3n) is 7.25. The molecule has 12 nitrogen and oxygen atoms in total. The number of nitrogens with zero attached hydrogens (tertiary/aromatic N) is 6. The van der Waals surface area contributed by atoms with E-state index in [0.717, 1.165) is 60.6 Å². The molecule has 43 heavy (non-hydrogen) atoms. The quantitative estimate of drug-likeness (QED) is 0.239. The van der Waals surface area contributed by atoms with Gasteiger partial charge >= 0.3 is 6.09 Å². The Balaban J connectivity index is 1.06. The Morgan fingerprint density at radius 3 is 2.53 bits per heavy atom. The largest absolute Gasteiger partial charge is 0.467 e. The van der Waals surface area contributed by atoms with Crippen LogP contribution in [0.2, 0.25) is 0 Å². The molecule has 3 aromatic heterocycles. The molecule has 2 amide bonds. The van der Waals surface area contributed by atoms with Gasteiger partial charge in [-0.25, -0.2) is 9.78 Å². The van der Waals surface area contributed by atoms with Crippen molar-refractivity contribution in [3.05, 3.63) is 60.9 Å². The average molecular weight is 589 g/mol. The average Bonchev–Trinajstić information content (AvgIpc) is 3.70. The lowest BCUT2D eigenvalue weighted by atomic mass is 10.1. The van der Waals surface area contributed by atoms with E-state index < -0.39 is 11.7 Å². The lowest BCUT2D eigenvalue weighted by Gasteiger charge is -2.36. The number of anilines is 2. The number of alkyl carbamates (subject to hydrolysis) is 1. The summed E-state index contributed by atoms with van der Waals surface area (Å²) in [4.78, 5) is 33.3. The second-order valence-electron chi connectivity index (χ2n) is 11.6. The fourth-order valence-corrected chi connectivity index (χ4v) is 5.04. The summed E-state index contributed by atoms with van der Waals surface area (Å²) < 4.78 is 12.5. The zero-order chi connectivity index (χ0) is 30.2. The number of carbonyl (C=O) groups excluding carboxylic acids is 2. The molecule has 0 unspecified atom stereocenters. The number of rotatable bonds is 11. The van der Waals surface area contributed by atoms with Crippen LogP contribution in [0.25, 0.3) is 16.8 Å². The van der Waals surface area contributed by atoms with Gasteiger partial charge in [-0.3, -0.25) is 9.20 Å². The van der Waals surface area contributed by atoms with E-state index >= 15 is 0 Å². The van der Waals surface area contributed by atoms with Gasteiger partial charge in [-0.2, -0.15) is 0 Å².